The van der Waals surface area contributed by atoms with Crippen LogP contribution in [0.1, 0.15) is 12.8 Å². The quantitative estimate of drug-likeness (QED) is 0.474. The van der Waals surface area contributed by atoms with Crippen molar-refractivity contribution in [3.05, 3.63) is 0 Å². The topological polar surface area (TPSA) is 84.5 Å². The molecule has 4 heteroatoms. The van der Waals surface area contributed by atoms with Crippen LogP contribution in [0.25, 0.3) is 0 Å². The summed E-state index contributed by atoms with van der Waals surface area (Å²) in [4.78, 5) is 0. The van der Waals surface area contributed by atoms with Crippen LogP contribution in [0.2, 0.25) is 0 Å². The van der Waals surface area contributed by atoms with Crippen LogP contribution in [0.3, 0.4) is 0 Å². The minimum Gasteiger partial charge on any atom is -0.396 e. The van der Waals surface area contributed by atoms with Gasteiger partial charge in [-0.3, -0.25) is 0 Å². The Hall–Kier alpha value is -0.630. The maximum atomic E-state index is 8.89. The normalized spacial score (nSPS) is 15.8. The highest BCUT2D eigenvalue weighted by atomic mass is 16.3. The van der Waals surface area contributed by atoms with E-state index in [1.54, 1.807) is 6.07 Å². The molecule has 0 aliphatic heterocycles. The van der Waals surface area contributed by atoms with Crippen LogP contribution in [-0.2, 0) is 0 Å². The molecule has 0 fully saturated rings. The highest BCUT2D eigenvalue weighted by molar-refractivity contribution is 4.79. The molecule has 0 aromatic carbocycles. The zero-order valence-electron chi connectivity index (χ0n) is 5.56. The Morgan fingerprint density at radius 2 is 1.90 bits per heavy atom. The predicted molar refractivity (Wildman–Crippen MR) is 33.9 cm³/mol. The van der Waals surface area contributed by atoms with Crippen LogP contribution < -0.4 is 0 Å². The molecule has 2 unspecified atom stereocenters. The van der Waals surface area contributed by atoms with E-state index in [1.165, 1.54) is 0 Å². The van der Waals surface area contributed by atoms with E-state index in [9.17, 15) is 0 Å². The van der Waals surface area contributed by atoms with Crippen molar-refractivity contribution in [2.45, 2.75) is 25.0 Å². The van der Waals surface area contributed by atoms with Crippen molar-refractivity contribution in [1.82, 2.24) is 0 Å². The third-order valence-corrected chi connectivity index (χ3v) is 1.17. The van der Waals surface area contributed by atoms with Crippen molar-refractivity contribution in [3.63, 3.8) is 0 Å². The highest BCUT2D eigenvalue weighted by Gasteiger charge is 2.14. The van der Waals surface area contributed by atoms with Gasteiger partial charge in [0, 0.05) is 6.61 Å². The van der Waals surface area contributed by atoms with E-state index in [-0.39, 0.29) is 19.4 Å². The minimum atomic E-state index is -1.03. The number of nitrogens with zero attached hydrogens (tertiary/aromatic N) is 1. The first kappa shape index (κ1) is 9.37. The van der Waals surface area contributed by atoms with Crippen LogP contribution in [-0.4, -0.2) is 34.1 Å². The second kappa shape index (κ2) is 5.18. The number of hydrogen-bond acceptors (Lipinski definition) is 4. The van der Waals surface area contributed by atoms with Crippen molar-refractivity contribution in [2.75, 3.05) is 6.61 Å². The Balaban J connectivity index is 3.50. The summed E-state index contributed by atoms with van der Waals surface area (Å²) in [7, 11) is 0. The molecule has 0 aliphatic carbocycles. The molecule has 3 N–H and O–H groups in total. The Labute approximate surface area is 59.3 Å². The maximum absolute atomic E-state index is 8.89. The van der Waals surface area contributed by atoms with Crippen molar-refractivity contribution in [2.24, 2.45) is 0 Å². The van der Waals surface area contributed by atoms with Crippen LogP contribution in [0.15, 0.2) is 0 Å². The Morgan fingerprint density at radius 1 is 1.30 bits per heavy atom. The zero-order valence-corrected chi connectivity index (χ0v) is 5.56. The van der Waals surface area contributed by atoms with Gasteiger partial charge in [-0.05, 0) is 6.42 Å². The summed E-state index contributed by atoms with van der Waals surface area (Å²) in [5, 5.41) is 34.1. The SMILES string of the molecule is N#CCC(O)C(O)CCO. The first-order valence-electron chi connectivity index (χ1n) is 3.06. The smallest absolute Gasteiger partial charge is 0.0929 e. The molecule has 4 nitrogen and oxygen atoms in total. The zero-order chi connectivity index (χ0) is 7.98. The van der Waals surface area contributed by atoms with Gasteiger partial charge in [-0.15, -0.1) is 0 Å². The molecule has 0 saturated heterocycles. The largest absolute Gasteiger partial charge is 0.396 e. The maximum Gasteiger partial charge on any atom is 0.0929 e. The van der Waals surface area contributed by atoms with E-state index in [4.69, 9.17) is 20.6 Å². The summed E-state index contributed by atoms with van der Waals surface area (Å²) in [6.07, 6.45) is -1.99. The fourth-order valence-corrected chi connectivity index (χ4v) is 0.554. The van der Waals surface area contributed by atoms with E-state index in [2.05, 4.69) is 0 Å². The Bertz CT molecular complexity index is 121. The fourth-order valence-electron chi connectivity index (χ4n) is 0.554. The number of aliphatic hydroxyl groups is 3. The van der Waals surface area contributed by atoms with Gasteiger partial charge in [-0.1, -0.05) is 0 Å². The van der Waals surface area contributed by atoms with E-state index < -0.39 is 12.2 Å². The first-order chi connectivity index (χ1) is 4.72. The average Bonchev–Trinajstić information content (AvgIpc) is 1.89. The summed E-state index contributed by atoms with van der Waals surface area (Å²) in [5.74, 6) is 0. The van der Waals surface area contributed by atoms with Crippen molar-refractivity contribution >= 4 is 0 Å². The lowest BCUT2D eigenvalue weighted by atomic mass is 10.1. The van der Waals surface area contributed by atoms with Gasteiger partial charge in [-0.25, -0.2) is 0 Å². The standard InChI is InChI=1S/C6H11NO3/c7-3-1-5(9)6(10)2-4-8/h5-6,8-10H,1-2,4H2. The molecule has 0 amide bonds. The third kappa shape index (κ3) is 3.41. The summed E-state index contributed by atoms with van der Waals surface area (Å²) in [5.41, 5.74) is 0. The van der Waals surface area contributed by atoms with E-state index in [0.717, 1.165) is 0 Å². The molecule has 0 bridgehead atoms. The molecule has 0 aliphatic rings. The summed E-state index contributed by atoms with van der Waals surface area (Å²) < 4.78 is 0. The van der Waals surface area contributed by atoms with Gasteiger partial charge in [0.25, 0.3) is 0 Å². The summed E-state index contributed by atoms with van der Waals surface area (Å²) in [6, 6.07) is 1.72. The minimum absolute atomic E-state index is 0.0961. The number of aliphatic hydroxyl groups excluding tert-OH is 3. The van der Waals surface area contributed by atoms with Crippen molar-refractivity contribution in [1.29, 1.82) is 5.26 Å². The molecule has 0 aromatic heterocycles. The van der Waals surface area contributed by atoms with Gasteiger partial charge in [0.1, 0.15) is 0 Å². The van der Waals surface area contributed by atoms with Gasteiger partial charge in [0.05, 0.1) is 24.7 Å². The molecule has 0 radical (unpaired) electrons. The molecular weight excluding hydrogens is 134 g/mol. The lowest BCUT2D eigenvalue weighted by Gasteiger charge is -2.12. The van der Waals surface area contributed by atoms with E-state index in [1.807, 2.05) is 0 Å². The van der Waals surface area contributed by atoms with Crippen molar-refractivity contribution < 1.29 is 15.3 Å². The molecule has 10 heavy (non-hydrogen) atoms. The van der Waals surface area contributed by atoms with Gasteiger partial charge >= 0.3 is 0 Å². The monoisotopic (exact) mass is 145 g/mol. The molecule has 2 atom stereocenters. The van der Waals surface area contributed by atoms with Crippen LogP contribution in [0.4, 0.5) is 0 Å². The Kier molecular flexibility index (Phi) is 4.85. The molecule has 0 heterocycles. The molecule has 0 aromatic rings. The first-order valence-corrected chi connectivity index (χ1v) is 3.06. The van der Waals surface area contributed by atoms with Crippen LogP contribution in [0, 0.1) is 11.3 Å². The molecule has 0 rings (SSSR count). The van der Waals surface area contributed by atoms with Gasteiger partial charge in [0.2, 0.25) is 0 Å². The van der Waals surface area contributed by atoms with E-state index in [0.29, 0.717) is 0 Å². The van der Waals surface area contributed by atoms with Gasteiger partial charge in [-0.2, -0.15) is 5.26 Å². The number of hydrogen-bond donors (Lipinski definition) is 3. The summed E-state index contributed by atoms with van der Waals surface area (Å²) in [6.45, 7) is -0.177. The Morgan fingerprint density at radius 3 is 2.30 bits per heavy atom. The number of nitriles is 1. The fraction of sp³-hybridized carbons (Fsp3) is 0.833. The second-order valence-corrected chi connectivity index (χ2v) is 2.01. The number of rotatable bonds is 4. The predicted octanol–water partition coefficient (Wildman–Crippen LogP) is -0.996. The van der Waals surface area contributed by atoms with Crippen LogP contribution in [0.5, 0.6) is 0 Å². The third-order valence-electron chi connectivity index (χ3n) is 1.17. The molecule has 0 saturated carbocycles. The molecule has 0 spiro atoms. The van der Waals surface area contributed by atoms with Crippen LogP contribution >= 0.6 is 0 Å². The second-order valence-electron chi connectivity index (χ2n) is 2.01. The average molecular weight is 145 g/mol. The van der Waals surface area contributed by atoms with Gasteiger partial charge < -0.3 is 15.3 Å². The highest BCUT2D eigenvalue weighted by Crippen LogP contribution is 2.01. The van der Waals surface area contributed by atoms with Gasteiger partial charge in [0.15, 0.2) is 0 Å². The van der Waals surface area contributed by atoms with Crippen molar-refractivity contribution in [3.8, 4) is 6.07 Å². The molecular formula is C6H11NO3. The lowest BCUT2D eigenvalue weighted by Crippen LogP contribution is -2.26. The lowest BCUT2D eigenvalue weighted by molar-refractivity contribution is 0.00834. The summed E-state index contributed by atoms with van der Waals surface area (Å²) >= 11 is 0. The van der Waals surface area contributed by atoms with E-state index >= 15 is 0 Å². The molecule has 58 valence electrons.